The lowest BCUT2D eigenvalue weighted by Gasteiger charge is -2.18. The van der Waals surface area contributed by atoms with E-state index in [0.717, 1.165) is 5.56 Å². The first kappa shape index (κ1) is 13.1. The van der Waals surface area contributed by atoms with Crippen LogP contribution in [0.2, 0.25) is 0 Å². The summed E-state index contributed by atoms with van der Waals surface area (Å²) in [4.78, 5) is 0.501. The molecule has 0 radical (unpaired) electrons. The minimum absolute atomic E-state index is 0.0101. The van der Waals surface area contributed by atoms with Crippen LogP contribution in [0, 0.1) is 0 Å². The molecule has 88 valence electrons. The summed E-state index contributed by atoms with van der Waals surface area (Å²) in [7, 11) is 0. The van der Waals surface area contributed by atoms with Gasteiger partial charge in [0.2, 0.25) is 0 Å². The third-order valence-electron chi connectivity index (χ3n) is 2.03. The van der Waals surface area contributed by atoms with Gasteiger partial charge in [0.15, 0.2) is 0 Å². The van der Waals surface area contributed by atoms with Crippen molar-refractivity contribution in [3.05, 3.63) is 29.8 Å². The van der Waals surface area contributed by atoms with Crippen molar-refractivity contribution >= 4 is 17.1 Å². The Hall–Kier alpha value is -0.970. The first-order valence-corrected chi connectivity index (χ1v) is 5.47. The molecule has 0 fully saturated rings. The van der Waals surface area contributed by atoms with E-state index in [0.29, 0.717) is 10.6 Å². The zero-order valence-electron chi connectivity index (χ0n) is 9.43. The lowest BCUT2D eigenvalue weighted by atomic mass is 9.98. The molecule has 0 aliphatic heterocycles. The van der Waals surface area contributed by atoms with Gasteiger partial charge >= 0.3 is 0 Å². The van der Waals surface area contributed by atoms with Gasteiger partial charge in [0.25, 0.3) is 0 Å². The normalized spacial score (nSPS) is 11.2. The summed E-state index contributed by atoms with van der Waals surface area (Å²) in [6, 6.07) is 7.13. The second-order valence-corrected chi connectivity index (χ2v) is 4.39. The number of aliphatic hydroxyl groups excluding tert-OH is 1. The average Bonchev–Trinajstić information content (AvgIpc) is 2.25. The van der Waals surface area contributed by atoms with Crippen LogP contribution in [0.15, 0.2) is 24.3 Å². The predicted molar refractivity (Wildman–Crippen MR) is 67.0 cm³/mol. The fourth-order valence-corrected chi connectivity index (χ4v) is 1.36. The maximum absolute atomic E-state index is 9.74. The number of hydrogen-bond donors (Lipinski definition) is 2. The molecular weight excluding hydrogens is 224 g/mol. The average molecular weight is 240 g/mol. The highest BCUT2D eigenvalue weighted by molar-refractivity contribution is 7.81. The lowest BCUT2D eigenvalue weighted by Crippen LogP contribution is -2.30. The van der Waals surface area contributed by atoms with Crippen molar-refractivity contribution < 1.29 is 14.9 Å². The summed E-state index contributed by atoms with van der Waals surface area (Å²) in [5, 5.41) is 18.3. The molecule has 0 spiro atoms. The first-order chi connectivity index (χ1) is 7.45. The molecule has 0 atom stereocenters. The molecule has 0 unspecified atom stereocenters. The third kappa shape index (κ3) is 3.56. The van der Waals surface area contributed by atoms with E-state index in [9.17, 15) is 5.11 Å². The van der Waals surface area contributed by atoms with Crippen LogP contribution >= 0.6 is 12.2 Å². The molecule has 0 bridgehead atoms. The molecule has 0 saturated heterocycles. The van der Waals surface area contributed by atoms with Gasteiger partial charge < -0.3 is 14.9 Å². The SMILES string of the molecule is CC(C)(O)C(=S)c1ccc(OCCO)cc1. The fraction of sp³-hybridized carbons (Fsp3) is 0.417. The molecule has 0 aliphatic carbocycles. The van der Waals surface area contributed by atoms with E-state index < -0.39 is 5.60 Å². The summed E-state index contributed by atoms with van der Waals surface area (Å²) >= 11 is 5.16. The number of ether oxygens (including phenoxy) is 1. The van der Waals surface area contributed by atoms with E-state index in [2.05, 4.69) is 0 Å². The topological polar surface area (TPSA) is 49.7 Å². The molecule has 16 heavy (non-hydrogen) atoms. The van der Waals surface area contributed by atoms with Crippen molar-refractivity contribution in [1.82, 2.24) is 0 Å². The molecule has 3 nitrogen and oxygen atoms in total. The summed E-state index contributed by atoms with van der Waals surface area (Å²) in [6.45, 7) is 3.58. The van der Waals surface area contributed by atoms with Gasteiger partial charge in [-0.15, -0.1) is 0 Å². The van der Waals surface area contributed by atoms with E-state index in [1.807, 2.05) is 0 Å². The minimum atomic E-state index is -0.997. The van der Waals surface area contributed by atoms with Crippen molar-refractivity contribution in [2.24, 2.45) is 0 Å². The monoisotopic (exact) mass is 240 g/mol. The van der Waals surface area contributed by atoms with Gasteiger partial charge in [-0.05, 0) is 31.5 Å². The number of benzene rings is 1. The van der Waals surface area contributed by atoms with Crippen LogP contribution in [0.5, 0.6) is 5.75 Å². The highest BCUT2D eigenvalue weighted by atomic mass is 32.1. The number of thiocarbonyl (C=S) groups is 1. The van der Waals surface area contributed by atoms with Crippen molar-refractivity contribution in [3.63, 3.8) is 0 Å². The van der Waals surface area contributed by atoms with E-state index in [1.165, 1.54) is 0 Å². The Bertz CT molecular complexity index is 352. The number of rotatable bonds is 5. The summed E-state index contributed by atoms with van der Waals surface area (Å²) < 4.78 is 5.22. The smallest absolute Gasteiger partial charge is 0.119 e. The van der Waals surface area contributed by atoms with Crippen LogP contribution < -0.4 is 4.74 Å². The molecule has 1 aromatic rings. The Morgan fingerprint density at radius 3 is 2.31 bits per heavy atom. The van der Waals surface area contributed by atoms with Gasteiger partial charge in [0, 0.05) is 0 Å². The van der Waals surface area contributed by atoms with Crippen molar-refractivity contribution in [2.45, 2.75) is 19.4 Å². The number of hydrogen-bond acceptors (Lipinski definition) is 4. The van der Waals surface area contributed by atoms with Crippen LogP contribution in [0.3, 0.4) is 0 Å². The molecule has 0 heterocycles. The fourth-order valence-electron chi connectivity index (χ4n) is 1.22. The Labute approximate surface area is 101 Å². The van der Waals surface area contributed by atoms with E-state index >= 15 is 0 Å². The summed E-state index contributed by atoms with van der Waals surface area (Å²) in [5.74, 6) is 0.677. The lowest BCUT2D eigenvalue weighted by molar-refractivity contribution is 0.157. The Morgan fingerprint density at radius 1 is 1.31 bits per heavy atom. The highest BCUT2D eigenvalue weighted by Gasteiger charge is 2.20. The van der Waals surface area contributed by atoms with E-state index in [4.69, 9.17) is 22.1 Å². The largest absolute Gasteiger partial charge is 0.491 e. The maximum atomic E-state index is 9.74. The second-order valence-electron chi connectivity index (χ2n) is 3.98. The molecule has 0 amide bonds. The van der Waals surface area contributed by atoms with Crippen LogP contribution in [-0.2, 0) is 0 Å². The molecule has 0 aliphatic rings. The van der Waals surface area contributed by atoms with Crippen molar-refractivity contribution in [3.8, 4) is 5.75 Å². The Kier molecular flexibility index (Phi) is 4.41. The van der Waals surface area contributed by atoms with Gasteiger partial charge in [0.05, 0.1) is 17.1 Å². The zero-order chi connectivity index (χ0) is 12.2. The van der Waals surface area contributed by atoms with Gasteiger partial charge in [-0.3, -0.25) is 0 Å². The van der Waals surface area contributed by atoms with Crippen molar-refractivity contribution in [2.75, 3.05) is 13.2 Å². The third-order valence-corrected chi connectivity index (χ3v) is 2.77. The summed E-state index contributed by atoms with van der Waals surface area (Å²) in [5.41, 5.74) is -0.193. The molecule has 1 aromatic carbocycles. The molecule has 0 aromatic heterocycles. The van der Waals surface area contributed by atoms with Gasteiger partial charge in [-0.25, -0.2) is 0 Å². The zero-order valence-corrected chi connectivity index (χ0v) is 10.3. The minimum Gasteiger partial charge on any atom is -0.491 e. The molecule has 1 rings (SSSR count). The van der Waals surface area contributed by atoms with E-state index in [1.54, 1.807) is 38.1 Å². The quantitative estimate of drug-likeness (QED) is 0.605. The second kappa shape index (κ2) is 5.39. The Balaban J connectivity index is 2.75. The number of aliphatic hydroxyl groups is 2. The predicted octanol–water partition coefficient (Wildman–Crippen LogP) is 1.55. The first-order valence-electron chi connectivity index (χ1n) is 5.06. The van der Waals surface area contributed by atoms with Gasteiger partial charge in [-0.2, -0.15) is 0 Å². The van der Waals surface area contributed by atoms with Crippen molar-refractivity contribution in [1.29, 1.82) is 0 Å². The molecular formula is C12H16O3S. The van der Waals surface area contributed by atoms with Crippen LogP contribution in [0.25, 0.3) is 0 Å². The van der Waals surface area contributed by atoms with Gasteiger partial charge in [-0.1, -0.05) is 24.4 Å². The summed E-state index contributed by atoms with van der Waals surface area (Å²) in [6.07, 6.45) is 0. The van der Waals surface area contributed by atoms with Crippen LogP contribution in [-0.4, -0.2) is 33.9 Å². The van der Waals surface area contributed by atoms with Crippen LogP contribution in [0.4, 0.5) is 0 Å². The Morgan fingerprint density at radius 2 is 1.88 bits per heavy atom. The molecule has 4 heteroatoms. The standard InChI is InChI=1S/C12H16O3S/c1-12(2,14)11(16)9-3-5-10(6-4-9)15-8-7-13/h3-6,13-14H,7-8H2,1-2H3. The van der Waals surface area contributed by atoms with Crippen LogP contribution in [0.1, 0.15) is 19.4 Å². The van der Waals surface area contributed by atoms with Gasteiger partial charge in [0.1, 0.15) is 12.4 Å². The molecule has 0 saturated carbocycles. The maximum Gasteiger partial charge on any atom is 0.119 e. The highest BCUT2D eigenvalue weighted by Crippen LogP contribution is 2.17. The molecule has 2 N–H and O–H groups in total. The van der Waals surface area contributed by atoms with E-state index in [-0.39, 0.29) is 13.2 Å².